The van der Waals surface area contributed by atoms with Gasteiger partial charge in [0.2, 0.25) is 0 Å². The van der Waals surface area contributed by atoms with Gasteiger partial charge in [-0.2, -0.15) is 0 Å². The number of ketones is 1. The van der Waals surface area contributed by atoms with Crippen LogP contribution in [0.25, 0.3) is 0 Å². The van der Waals surface area contributed by atoms with E-state index in [-0.39, 0.29) is 11.3 Å². The zero-order valence-electron chi connectivity index (χ0n) is 13.9. The van der Waals surface area contributed by atoms with Crippen molar-refractivity contribution in [2.75, 3.05) is 11.9 Å². The molecule has 124 valence electrons. The fourth-order valence-corrected chi connectivity index (χ4v) is 2.10. The molecule has 0 spiro atoms. The van der Waals surface area contributed by atoms with Gasteiger partial charge >= 0.3 is 5.97 Å². The summed E-state index contributed by atoms with van der Waals surface area (Å²) in [4.78, 5) is 35.2. The third kappa shape index (κ3) is 4.52. The average molecular weight is 325 g/mol. The van der Waals surface area contributed by atoms with Crippen LogP contribution in [0.3, 0.4) is 0 Å². The van der Waals surface area contributed by atoms with Crippen molar-refractivity contribution in [1.29, 1.82) is 0 Å². The van der Waals surface area contributed by atoms with E-state index in [1.54, 1.807) is 18.2 Å². The van der Waals surface area contributed by atoms with Crippen LogP contribution in [0.5, 0.6) is 0 Å². The molecule has 1 amide bonds. The average Bonchev–Trinajstić information content (AvgIpc) is 2.56. The highest BCUT2D eigenvalue weighted by Crippen LogP contribution is 2.14. The summed E-state index contributed by atoms with van der Waals surface area (Å²) in [6, 6.07) is 11.8. The van der Waals surface area contributed by atoms with Gasteiger partial charge in [-0.05, 0) is 56.2 Å². The number of hydrogen-bond donors (Lipinski definition) is 1. The lowest BCUT2D eigenvalue weighted by Crippen LogP contribution is -2.21. The molecule has 0 radical (unpaired) electrons. The van der Waals surface area contributed by atoms with Crippen molar-refractivity contribution in [2.45, 2.75) is 20.8 Å². The Kier molecular flexibility index (Phi) is 5.47. The Morgan fingerprint density at radius 2 is 1.67 bits per heavy atom. The highest BCUT2D eigenvalue weighted by Gasteiger charge is 2.12. The number of esters is 1. The zero-order valence-corrected chi connectivity index (χ0v) is 13.9. The lowest BCUT2D eigenvalue weighted by Gasteiger charge is -2.08. The normalized spacial score (nSPS) is 10.1. The predicted molar refractivity (Wildman–Crippen MR) is 91.3 cm³/mol. The number of ether oxygens (including phenoxy) is 1. The largest absolute Gasteiger partial charge is 0.452 e. The SMILES string of the molecule is CC(=O)c1cccc(C(=O)OCC(=O)Nc2ccc(C)c(C)c2)c1. The Morgan fingerprint density at radius 3 is 2.33 bits per heavy atom. The number of amides is 1. The number of rotatable bonds is 5. The quantitative estimate of drug-likeness (QED) is 0.676. The number of Topliss-reactive ketones (excluding diaryl/α,β-unsaturated/α-hetero) is 1. The lowest BCUT2D eigenvalue weighted by molar-refractivity contribution is -0.119. The van der Waals surface area contributed by atoms with Gasteiger partial charge in [-0.1, -0.05) is 18.2 Å². The number of nitrogens with one attached hydrogen (secondary N) is 1. The molecule has 0 aliphatic rings. The molecule has 0 unspecified atom stereocenters. The Balaban J connectivity index is 1.93. The topological polar surface area (TPSA) is 72.5 Å². The molecule has 2 aromatic carbocycles. The number of anilines is 1. The molecular formula is C19H19NO4. The van der Waals surface area contributed by atoms with E-state index < -0.39 is 18.5 Å². The van der Waals surface area contributed by atoms with Crippen molar-refractivity contribution in [3.05, 3.63) is 64.7 Å². The fourth-order valence-electron chi connectivity index (χ4n) is 2.10. The molecule has 0 bridgehead atoms. The van der Waals surface area contributed by atoms with E-state index in [0.29, 0.717) is 11.3 Å². The standard InChI is InChI=1S/C19H19NO4/c1-12-7-8-17(9-13(12)2)20-18(22)11-24-19(23)16-6-4-5-15(10-16)14(3)21/h4-10H,11H2,1-3H3,(H,20,22). The molecule has 2 aromatic rings. The molecule has 2 rings (SSSR count). The Labute approximate surface area is 140 Å². The summed E-state index contributed by atoms with van der Waals surface area (Å²) in [6.45, 7) is 4.96. The van der Waals surface area contributed by atoms with Crippen LogP contribution in [-0.2, 0) is 9.53 Å². The highest BCUT2D eigenvalue weighted by molar-refractivity contribution is 5.99. The van der Waals surface area contributed by atoms with Crippen molar-refractivity contribution in [3.8, 4) is 0 Å². The number of hydrogen-bond acceptors (Lipinski definition) is 4. The monoisotopic (exact) mass is 325 g/mol. The molecular weight excluding hydrogens is 306 g/mol. The molecule has 5 heteroatoms. The van der Waals surface area contributed by atoms with Gasteiger partial charge in [0.25, 0.3) is 5.91 Å². The highest BCUT2D eigenvalue weighted by atomic mass is 16.5. The van der Waals surface area contributed by atoms with Crippen LogP contribution in [0.15, 0.2) is 42.5 Å². The van der Waals surface area contributed by atoms with Gasteiger partial charge < -0.3 is 10.1 Å². The minimum atomic E-state index is -0.645. The first-order valence-electron chi connectivity index (χ1n) is 7.52. The van der Waals surface area contributed by atoms with E-state index in [2.05, 4.69) is 5.32 Å². The van der Waals surface area contributed by atoms with E-state index in [9.17, 15) is 14.4 Å². The van der Waals surface area contributed by atoms with Crippen LogP contribution in [-0.4, -0.2) is 24.3 Å². The summed E-state index contributed by atoms with van der Waals surface area (Å²) in [7, 11) is 0. The second-order valence-corrected chi connectivity index (χ2v) is 5.56. The molecule has 1 N–H and O–H groups in total. The van der Waals surface area contributed by atoms with Crippen LogP contribution in [0, 0.1) is 13.8 Å². The van der Waals surface area contributed by atoms with Crippen LogP contribution >= 0.6 is 0 Å². The van der Waals surface area contributed by atoms with Gasteiger partial charge in [-0.25, -0.2) is 4.79 Å². The summed E-state index contributed by atoms with van der Waals surface area (Å²) in [5, 5.41) is 2.68. The molecule has 24 heavy (non-hydrogen) atoms. The fraction of sp³-hybridized carbons (Fsp3) is 0.211. The first kappa shape index (κ1) is 17.4. The minimum absolute atomic E-state index is 0.142. The maximum absolute atomic E-state index is 12.0. The molecule has 0 aromatic heterocycles. The van der Waals surface area contributed by atoms with Crippen LogP contribution < -0.4 is 5.32 Å². The first-order valence-corrected chi connectivity index (χ1v) is 7.52. The summed E-state index contributed by atoms with van der Waals surface area (Å²) in [6.07, 6.45) is 0. The molecule has 0 saturated carbocycles. The van der Waals surface area contributed by atoms with Crippen LogP contribution in [0.2, 0.25) is 0 Å². The Bertz CT molecular complexity index is 796. The predicted octanol–water partition coefficient (Wildman–Crippen LogP) is 3.30. The Morgan fingerprint density at radius 1 is 0.958 bits per heavy atom. The number of carbonyl (C=O) groups is 3. The van der Waals surface area contributed by atoms with E-state index in [1.165, 1.54) is 19.1 Å². The van der Waals surface area contributed by atoms with E-state index in [0.717, 1.165) is 11.1 Å². The van der Waals surface area contributed by atoms with Crippen molar-refractivity contribution in [2.24, 2.45) is 0 Å². The van der Waals surface area contributed by atoms with Gasteiger partial charge in [0.05, 0.1) is 5.56 Å². The molecule has 0 fully saturated rings. The number of carbonyl (C=O) groups excluding carboxylic acids is 3. The lowest BCUT2D eigenvalue weighted by atomic mass is 10.1. The van der Waals surface area contributed by atoms with Crippen molar-refractivity contribution in [1.82, 2.24) is 0 Å². The molecule has 0 saturated heterocycles. The second kappa shape index (κ2) is 7.55. The summed E-state index contributed by atoms with van der Waals surface area (Å²) in [5.41, 5.74) is 3.50. The first-order chi connectivity index (χ1) is 11.4. The maximum atomic E-state index is 12.0. The number of aryl methyl sites for hydroxylation is 2. The molecule has 0 atom stereocenters. The smallest absolute Gasteiger partial charge is 0.338 e. The summed E-state index contributed by atoms with van der Waals surface area (Å²) >= 11 is 0. The van der Waals surface area contributed by atoms with Crippen molar-refractivity contribution >= 4 is 23.3 Å². The Hall–Kier alpha value is -2.95. The van der Waals surface area contributed by atoms with E-state index >= 15 is 0 Å². The number of benzene rings is 2. The third-order valence-corrected chi connectivity index (χ3v) is 3.63. The zero-order chi connectivity index (χ0) is 17.7. The summed E-state index contributed by atoms with van der Waals surface area (Å²) in [5.74, 6) is -1.21. The third-order valence-electron chi connectivity index (χ3n) is 3.63. The van der Waals surface area contributed by atoms with Crippen molar-refractivity contribution < 1.29 is 19.1 Å². The van der Waals surface area contributed by atoms with Crippen LogP contribution in [0.1, 0.15) is 38.8 Å². The second-order valence-electron chi connectivity index (χ2n) is 5.56. The molecule has 5 nitrogen and oxygen atoms in total. The van der Waals surface area contributed by atoms with E-state index in [4.69, 9.17) is 4.74 Å². The van der Waals surface area contributed by atoms with Crippen LogP contribution in [0.4, 0.5) is 5.69 Å². The van der Waals surface area contributed by atoms with Crippen molar-refractivity contribution in [3.63, 3.8) is 0 Å². The molecule has 0 aliphatic heterocycles. The van der Waals surface area contributed by atoms with Gasteiger partial charge in [-0.15, -0.1) is 0 Å². The van der Waals surface area contributed by atoms with Gasteiger partial charge in [-0.3, -0.25) is 9.59 Å². The van der Waals surface area contributed by atoms with Gasteiger partial charge in [0.15, 0.2) is 12.4 Å². The molecule has 0 aliphatic carbocycles. The maximum Gasteiger partial charge on any atom is 0.338 e. The van der Waals surface area contributed by atoms with E-state index in [1.807, 2.05) is 26.0 Å². The minimum Gasteiger partial charge on any atom is -0.452 e. The molecule has 0 heterocycles. The summed E-state index contributed by atoms with van der Waals surface area (Å²) < 4.78 is 4.99. The van der Waals surface area contributed by atoms with Gasteiger partial charge in [0.1, 0.15) is 0 Å². The van der Waals surface area contributed by atoms with Gasteiger partial charge in [0, 0.05) is 11.3 Å².